The summed E-state index contributed by atoms with van der Waals surface area (Å²) in [6, 6.07) is 11.2. The number of carbonyl (C=O) groups is 2. The zero-order chi connectivity index (χ0) is 20.0. The molecule has 7 nitrogen and oxygen atoms in total. The first kappa shape index (κ1) is 18.0. The van der Waals surface area contributed by atoms with E-state index in [4.69, 9.17) is 13.9 Å². The summed E-state index contributed by atoms with van der Waals surface area (Å²) in [6.45, 7) is 1.21. The SMILES string of the molecule is COc1ccc(CNC(=O)[C@H]2[C@H]3C=C[C@@]4(CN(Cc5ccco5)C(=O)[C@@H]24)O3)cc1. The van der Waals surface area contributed by atoms with Gasteiger partial charge in [-0.05, 0) is 29.8 Å². The monoisotopic (exact) mass is 394 g/mol. The minimum absolute atomic E-state index is 0.0575. The fraction of sp³-hybridized carbons (Fsp3) is 0.364. The Hall–Kier alpha value is -3.06. The molecule has 1 spiro atoms. The number of methoxy groups -OCH3 is 1. The molecule has 2 fully saturated rings. The molecular formula is C22H22N2O5. The number of nitrogens with zero attached hydrogens (tertiary/aromatic N) is 1. The molecule has 1 N–H and O–H groups in total. The Labute approximate surface area is 168 Å². The topological polar surface area (TPSA) is 81.0 Å². The molecule has 2 bridgehead atoms. The van der Waals surface area contributed by atoms with Gasteiger partial charge in [0, 0.05) is 6.54 Å². The highest BCUT2D eigenvalue weighted by atomic mass is 16.5. The summed E-state index contributed by atoms with van der Waals surface area (Å²) in [4.78, 5) is 27.9. The minimum atomic E-state index is -0.712. The molecule has 1 aromatic carbocycles. The summed E-state index contributed by atoms with van der Waals surface area (Å²) in [7, 11) is 1.61. The van der Waals surface area contributed by atoms with Gasteiger partial charge >= 0.3 is 0 Å². The summed E-state index contributed by atoms with van der Waals surface area (Å²) in [5.74, 6) is 0.249. The van der Waals surface area contributed by atoms with Gasteiger partial charge in [-0.1, -0.05) is 24.3 Å². The highest BCUT2D eigenvalue weighted by molar-refractivity contribution is 5.93. The predicted octanol–water partition coefficient (Wildman–Crippen LogP) is 1.89. The van der Waals surface area contributed by atoms with Crippen molar-refractivity contribution in [2.24, 2.45) is 11.8 Å². The van der Waals surface area contributed by atoms with Gasteiger partial charge in [0.15, 0.2) is 0 Å². The number of benzene rings is 1. The van der Waals surface area contributed by atoms with E-state index in [2.05, 4.69) is 5.32 Å². The largest absolute Gasteiger partial charge is 0.497 e. The number of ether oxygens (including phenoxy) is 2. The lowest BCUT2D eigenvalue weighted by Gasteiger charge is -2.23. The maximum Gasteiger partial charge on any atom is 0.230 e. The number of likely N-dealkylation sites (tertiary alicyclic amines) is 1. The van der Waals surface area contributed by atoms with Crippen LogP contribution in [-0.4, -0.2) is 42.1 Å². The van der Waals surface area contributed by atoms with E-state index in [0.29, 0.717) is 25.4 Å². The lowest BCUT2D eigenvalue weighted by Crippen LogP contribution is -2.43. The lowest BCUT2D eigenvalue weighted by atomic mass is 9.77. The number of fused-ring (bicyclic) bond motifs is 1. The van der Waals surface area contributed by atoms with Gasteiger partial charge in [0.1, 0.15) is 17.1 Å². The van der Waals surface area contributed by atoms with Crippen molar-refractivity contribution in [3.8, 4) is 5.75 Å². The highest BCUT2D eigenvalue weighted by Gasteiger charge is 2.66. The van der Waals surface area contributed by atoms with Crippen molar-refractivity contribution in [2.75, 3.05) is 13.7 Å². The van der Waals surface area contributed by atoms with Gasteiger partial charge in [0.05, 0.1) is 44.4 Å². The van der Waals surface area contributed by atoms with Crippen LogP contribution in [0.15, 0.2) is 59.2 Å². The Bertz CT molecular complexity index is 952. The molecule has 4 heterocycles. The number of carbonyl (C=O) groups excluding carboxylic acids is 2. The Balaban J connectivity index is 1.29. The maximum absolute atomic E-state index is 13.1. The highest BCUT2D eigenvalue weighted by Crippen LogP contribution is 2.52. The molecule has 150 valence electrons. The summed E-state index contributed by atoms with van der Waals surface area (Å²) in [6.07, 6.45) is 5.10. The number of amides is 2. The fourth-order valence-corrected chi connectivity index (χ4v) is 4.65. The molecular weight excluding hydrogens is 372 g/mol. The second-order valence-corrected chi connectivity index (χ2v) is 7.74. The van der Waals surface area contributed by atoms with Crippen LogP contribution in [0.5, 0.6) is 5.75 Å². The average Bonchev–Trinajstić information content (AvgIpc) is 3.50. The van der Waals surface area contributed by atoms with Crippen LogP contribution in [0.4, 0.5) is 0 Å². The first-order valence-corrected chi connectivity index (χ1v) is 9.69. The lowest BCUT2D eigenvalue weighted by molar-refractivity contribution is -0.138. The Morgan fingerprint density at radius 3 is 2.86 bits per heavy atom. The molecule has 1 aromatic heterocycles. The van der Waals surface area contributed by atoms with Crippen LogP contribution in [-0.2, 0) is 27.4 Å². The van der Waals surface area contributed by atoms with Gasteiger partial charge in [0.2, 0.25) is 11.8 Å². The number of furan rings is 1. The van der Waals surface area contributed by atoms with Crippen molar-refractivity contribution < 1.29 is 23.5 Å². The van der Waals surface area contributed by atoms with Gasteiger partial charge in [-0.3, -0.25) is 9.59 Å². The Kier molecular flexibility index (Phi) is 4.20. The zero-order valence-corrected chi connectivity index (χ0v) is 16.0. The van der Waals surface area contributed by atoms with Crippen LogP contribution in [0.25, 0.3) is 0 Å². The van der Waals surface area contributed by atoms with E-state index in [9.17, 15) is 9.59 Å². The van der Waals surface area contributed by atoms with Crippen LogP contribution < -0.4 is 10.1 Å². The Morgan fingerprint density at radius 2 is 2.14 bits per heavy atom. The van der Waals surface area contributed by atoms with Gasteiger partial charge in [-0.25, -0.2) is 0 Å². The number of hydrogen-bond donors (Lipinski definition) is 1. The van der Waals surface area contributed by atoms with Crippen LogP contribution in [0, 0.1) is 11.8 Å². The van der Waals surface area contributed by atoms with Gasteiger partial charge in [-0.15, -0.1) is 0 Å². The molecule has 5 rings (SSSR count). The third-order valence-corrected chi connectivity index (χ3v) is 6.03. The molecule has 2 aromatic rings. The maximum atomic E-state index is 13.1. The molecule has 3 aliphatic heterocycles. The fourth-order valence-electron chi connectivity index (χ4n) is 4.65. The molecule has 29 heavy (non-hydrogen) atoms. The average molecular weight is 394 g/mol. The van der Waals surface area contributed by atoms with E-state index < -0.39 is 17.4 Å². The molecule has 0 saturated carbocycles. The van der Waals surface area contributed by atoms with E-state index in [-0.39, 0.29) is 17.9 Å². The van der Waals surface area contributed by atoms with Crippen LogP contribution >= 0.6 is 0 Å². The smallest absolute Gasteiger partial charge is 0.230 e. The third-order valence-electron chi connectivity index (χ3n) is 6.03. The number of rotatable bonds is 6. The zero-order valence-electron chi connectivity index (χ0n) is 16.0. The molecule has 2 saturated heterocycles. The number of nitrogens with one attached hydrogen (secondary N) is 1. The molecule has 7 heteroatoms. The van der Waals surface area contributed by atoms with E-state index in [1.807, 2.05) is 42.5 Å². The summed E-state index contributed by atoms with van der Waals surface area (Å²) >= 11 is 0. The second-order valence-electron chi connectivity index (χ2n) is 7.74. The Morgan fingerprint density at radius 1 is 1.31 bits per heavy atom. The summed E-state index contributed by atoms with van der Waals surface area (Å²) in [5.41, 5.74) is 0.252. The van der Waals surface area contributed by atoms with Crippen molar-refractivity contribution in [1.29, 1.82) is 0 Å². The summed E-state index contributed by atoms with van der Waals surface area (Å²) < 4.78 is 16.7. The first-order chi connectivity index (χ1) is 14.1. The molecule has 0 unspecified atom stereocenters. The van der Waals surface area contributed by atoms with E-state index in [1.54, 1.807) is 24.3 Å². The van der Waals surface area contributed by atoms with Crippen molar-refractivity contribution in [3.05, 3.63) is 66.1 Å². The van der Waals surface area contributed by atoms with Crippen molar-refractivity contribution in [2.45, 2.75) is 24.8 Å². The molecule has 3 aliphatic rings. The third kappa shape index (κ3) is 2.93. The van der Waals surface area contributed by atoms with Gasteiger partial charge in [0.25, 0.3) is 0 Å². The molecule has 4 atom stereocenters. The van der Waals surface area contributed by atoms with Crippen LogP contribution in [0.3, 0.4) is 0 Å². The summed E-state index contributed by atoms with van der Waals surface area (Å²) in [5, 5.41) is 2.97. The van der Waals surface area contributed by atoms with Crippen molar-refractivity contribution in [3.63, 3.8) is 0 Å². The minimum Gasteiger partial charge on any atom is -0.497 e. The van der Waals surface area contributed by atoms with Crippen LogP contribution in [0.2, 0.25) is 0 Å². The van der Waals surface area contributed by atoms with E-state index >= 15 is 0 Å². The second kappa shape index (κ2) is 6.77. The van der Waals surface area contributed by atoms with Crippen molar-refractivity contribution in [1.82, 2.24) is 10.2 Å². The normalized spacial score (nSPS) is 29.3. The number of hydrogen-bond acceptors (Lipinski definition) is 5. The van der Waals surface area contributed by atoms with E-state index in [0.717, 1.165) is 11.3 Å². The quantitative estimate of drug-likeness (QED) is 0.757. The van der Waals surface area contributed by atoms with Crippen LogP contribution in [0.1, 0.15) is 11.3 Å². The standard InChI is InChI=1S/C22H22N2O5/c1-27-15-6-4-14(5-7-15)11-23-20(25)18-17-8-9-22(29-17)13-24(21(26)19(18)22)12-16-3-2-10-28-16/h2-10,17-19H,11-13H2,1H3,(H,23,25)/t17-,18+,19-,22+/m1/s1. The first-order valence-electron chi connectivity index (χ1n) is 9.69. The molecule has 0 aliphatic carbocycles. The van der Waals surface area contributed by atoms with Crippen molar-refractivity contribution >= 4 is 11.8 Å². The van der Waals surface area contributed by atoms with Gasteiger partial charge in [-0.2, -0.15) is 0 Å². The van der Waals surface area contributed by atoms with Gasteiger partial charge < -0.3 is 24.1 Å². The molecule has 2 amide bonds. The predicted molar refractivity (Wildman–Crippen MR) is 103 cm³/mol. The van der Waals surface area contributed by atoms with E-state index in [1.165, 1.54) is 0 Å². The molecule has 0 radical (unpaired) electrons.